The summed E-state index contributed by atoms with van der Waals surface area (Å²) in [5.74, 6) is 0.822. The van der Waals surface area contributed by atoms with Gasteiger partial charge in [0.05, 0.1) is 11.3 Å². The molecule has 2 aromatic rings. The molecule has 6 heteroatoms. The van der Waals surface area contributed by atoms with Crippen LogP contribution in [0.15, 0.2) is 24.5 Å². The molecule has 1 unspecified atom stereocenters. The van der Waals surface area contributed by atoms with E-state index in [1.807, 2.05) is 49.1 Å². The summed E-state index contributed by atoms with van der Waals surface area (Å²) in [5, 5.41) is 0. The van der Waals surface area contributed by atoms with E-state index in [9.17, 15) is 4.79 Å². The molecule has 1 amide bonds. The number of hydrogen-bond acceptors (Lipinski definition) is 5. The number of rotatable bonds is 2. The zero-order valence-corrected chi connectivity index (χ0v) is 15.7. The van der Waals surface area contributed by atoms with Gasteiger partial charge in [0.1, 0.15) is 0 Å². The Morgan fingerprint density at radius 2 is 2.04 bits per heavy atom. The van der Waals surface area contributed by atoms with Crippen LogP contribution < -0.4 is 4.90 Å². The third-order valence-electron chi connectivity index (χ3n) is 5.65. The van der Waals surface area contributed by atoms with Gasteiger partial charge in [-0.3, -0.25) is 9.78 Å². The Labute approximate surface area is 154 Å². The SMILES string of the molecule is Cc1ccc(C(=O)N2CCCC3(CCc4cnc(N(C)C)nc43)C2)cn1. The van der Waals surface area contributed by atoms with Gasteiger partial charge in [-0.15, -0.1) is 0 Å². The van der Waals surface area contributed by atoms with Crippen molar-refractivity contribution in [2.75, 3.05) is 32.1 Å². The molecular weight excluding hydrogens is 326 g/mol. The van der Waals surface area contributed by atoms with Crippen LogP contribution in [-0.4, -0.2) is 52.9 Å². The molecule has 3 heterocycles. The molecule has 1 atom stereocenters. The molecule has 6 nitrogen and oxygen atoms in total. The lowest BCUT2D eigenvalue weighted by Gasteiger charge is -2.40. The van der Waals surface area contributed by atoms with Gasteiger partial charge in [-0.05, 0) is 50.3 Å². The second-order valence-electron chi connectivity index (χ2n) is 7.74. The van der Waals surface area contributed by atoms with Crippen LogP contribution in [0.2, 0.25) is 0 Å². The monoisotopic (exact) mass is 351 g/mol. The standard InChI is InChI=1S/C20H25N5O/c1-14-5-6-16(12-21-14)18(26)25-10-4-8-20(13-25)9-7-15-11-22-19(24(2)3)23-17(15)20/h5-6,11-12H,4,7-10,13H2,1-3H3. The van der Waals surface area contributed by atoms with Gasteiger partial charge in [0.25, 0.3) is 5.91 Å². The summed E-state index contributed by atoms with van der Waals surface area (Å²) in [6.07, 6.45) is 7.79. The molecule has 1 aliphatic heterocycles. The quantitative estimate of drug-likeness (QED) is 0.831. The number of amides is 1. The summed E-state index contributed by atoms with van der Waals surface area (Å²) in [7, 11) is 3.93. The minimum Gasteiger partial charge on any atom is -0.347 e. The molecule has 0 saturated carbocycles. The van der Waals surface area contributed by atoms with E-state index in [-0.39, 0.29) is 11.3 Å². The highest BCUT2D eigenvalue weighted by molar-refractivity contribution is 5.94. The van der Waals surface area contributed by atoms with Crippen molar-refractivity contribution in [2.45, 2.75) is 38.0 Å². The summed E-state index contributed by atoms with van der Waals surface area (Å²) >= 11 is 0. The van der Waals surface area contributed by atoms with E-state index in [0.29, 0.717) is 5.56 Å². The fourth-order valence-corrected chi connectivity index (χ4v) is 4.23. The smallest absolute Gasteiger partial charge is 0.255 e. The first-order chi connectivity index (χ1) is 12.5. The Kier molecular flexibility index (Phi) is 4.13. The van der Waals surface area contributed by atoms with Crippen molar-refractivity contribution in [3.8, 4) is 0 Å². The molecule has 0 radical (unpaired) electrons. The Balaban J connectivity index is 1.63. The molecule has 1 aliphatic carbocycles. The molecule has 1 saturated heterocycles. The molecule has 136 valence electrons. The van der Waals surface area contributed by atoms with Gasteiger partial charge in [0, 0.05) is 50.7 Å². The van der Waals surface area contributed by atoms with Crippen molar-refractivity contribution < 1.29 is 4.79 Å². The van der Waals surface area contributed by atoms with Gasteiger partial charge in [-0.25, -0.2) is 9.97 Å². The van der Waals surface area contributed by atoms with Crippen molar-refractivity contribution in [2.24, 2.45) is 0 Å². The molecule has 0 aromatic carbocycles. The summed E-state index contributed by atoms with van der Waals surface area (Å²) < 4.78 is 0. The van der Waals surface area contributed by atoms with Crippen molar-refractivity contribution >= 4 is 11.9 Å². The zero-order valence-electron chi connectivity index (χ0n) is 15.7. The maximum Gasteiger partial charge on any atom is 0.255 e. The predicted molar refractivity (Wildman–Crippen MR) is 100 cm³/mol. The first-order valence-corrected chi connectivity index (χ1v) is 9.24. The molecule has 0 bridgehead atoms. The molecule has 4 rings (SSSR count). The number of likely N-dealkylation sites (tertiary alicyclic amines) is 1. The van der Waals surface area contributed by atoms with Gasteiger partial charge >= 0.3 is 0 Å². The van der Waals surface area contributed by atoms with E-state index < -0.39 is 0 Å². The lowest BCUT2D eigenvalue weighted by atomic mass is 9.77. The number of aryl methyl sites for hydroxylation is 2. The average Bonchev–Trinajstić information content (AvgIpc) is 2.99. The van der Waals surface area contributed by atoms with Crippen LogP contribution >= 0.6 is 0 Å². The minimum atomic E-state index is -0.0327. The van der Waals surface area contributed by atoms with Gasteiger partial charge in [0.15, 0.2) is 0 Å². The summed E-state index contributed by atoms with van der Waals surface area (Å²) in [6.45, 7) is 3.47. The van der Waals surface area contributed by atoms with E-state index in [1.54, 1.807) is 6.20 Å². The fourth-order valence-electron chi connectivity index (χ4n) is 4.23. The van der Waals surface area contributed by atoms with Crippen molar-refractivity contribution in [3.63, 3.8) is 0 Å². The van der Waals surface area contributed by atoms with Gasteiger partial charge < -0.3 is 9.80 Å². The lowest BCUT2D eigenvalue weighted by molar-refractivity contribution is 0.0633. The first kappa shape index (κ1) is 16.9. The summed E-state index contributed by atoms with van der Waals surface area (Å²) in [6, 6.07) is 3.77. The first-order valence-electron chi connectivity index (χ1n) is 9.24. The predicted octanol–water partition coefficient (Wildman–Crippen LogP) is 2.37. The second-order valence-corrected chi connectivity index (χ2v) is 7.74. The number of pyridine rings is 1. The van der Waals surface area contributed by atoms with E-state index in [0.717, 1.165) is 56.1 Å². The van der Waals surface area contributed by atoms with Crippen LogP contribution in [0, 0.1) is 6.92 Å². The third kappa shape index (κ3) is 2.83. The van der Waals surface area contributed by atoms with Crippen LogP contribution in [0.3, 0.4) is 0 Å². The molecule has 2 aromatic heterocycles. The fraction of sp³-hybridized carbons (Fsp3) is 0.500. The highest BCUT2D eigenvalue weighted by Crippen LogP contribution is 2.44. The number of aromatic nitrogens is 3. The molecule has 26 heavy (non-hydrogen) atoms. The van der Waals surface area contributed by atoms with Gasteiger partial charge in [0.2, 0.25) is 5.95 Å². The maximum atomic E-state index is 13.0. The number of anilines is 1. The molecule has 2 aliphatic rings. The Hall–Kier alpha value is -2.50. The normalized spacial score (nSPS) is 21.7. The van der Waals surface area contributed by atoms with Crippen molar-refractivity contribution in [1.29, 1.82) is 0 Å². The molecule has 1 spiro atoms. The number of carbonyl (C=O) groups excluding carboxylic acids is 1. The molecule has 1 fully saturated rings. The van der Waals surface area contributed by atoms with E-state index in [2.05, 4.69) is 9.97 Å². The zero-order chi connectivity index (χ0) is 18.3. The van der Waals surface area contributed by atoms with Gasteiger partial charge in [-0.1, -0.05) is 0 Å². The topological polar surface area (TPSA) is 62.2 Å². The molecular formula is C20H25N5O. The van der Waals surface area contributed by atoms with Gasteiger partial charge in [-0.2, -0.15) is 0 Å². The van der Waals surface area contributed by atoms with Crippen LogP contribution in [0.4, 0.5) is 5.95 Å². The number of carbonyl (C=O) groups is 1. The van der Waals surface area contributed by atoms with E-state index in [4.69, 9.17) is 4.98 Å². The van der Waals surface area contributed by atoms with Crippen LogP contribution in [0.1, 0.15) is 46.6 Å². The van der Waals surface area contributed by atoms with E-state index >= 15 is 0 Å². The Bertz CT molecular complexity index is 829. The molecule has 0 N–H and O–H groups in total. The average molecular weight is 351 g/mol. The van der Waals surface area contributed by atoms with Crippen LogP contribution in [0.25, 0.3) is 0 Å². The number of piperidine rings is 1. The minimum absolute atomic E-state index is 0.0327. The number of fused-ring (bicyclic) bond motifs is 2. The lowest BCUT2D eigenvalue weighted by Crippen LogP contribution is -2.48. The van der Waals surface area contributed by atoms with Crippen LogP contribution in [0.5, 0.6) is 0 Å². The van der Waals surface area contributed by atoms with Crippen molar-refractivity contribution in [1.82, 2.24) is 19.9 Å². The second kappa shape index (κ2) is 6.34. The Morgan fingerprint density at radius 3 is 2.77 bits per heavy atom. The maximum absolute atomic E-state index is 13.0. The third-order valence-corrected chi connectivity index (χ3v) is 5.65. The largest absolute Gasteiger partial charge is 0.347 e. The number of hydrogen-bond donors (Lipinski definition) is 0. The summed E-state index contributed by atoms with van der Waals surface area (Å²) in [5.41, 5.74) is 3.95. The highest BCUT2D eigenvalue weighted by Gasteiger charge is 2.45. The van der Waals surface area contributed by atoms with E-state index in [1.165, 1.54) is 5.56 Å². The van der Waals surface area contributed by atoms with Crippen molar-refractivity contribution in [3.05, 3.63) is 47.0 Å². The number of nitrogens with zero attached hydrogens (tertiary/aromatic N) is 5. The summed E-state index contributed by atoms with van der Waals surface area (Å²) in [4.78, 5) is 30.5. The Morgan fingerprint density at radius 1 is 1.19 bits per heavy atom. The van der Waals surface area contributed by atoms with Crippen LogP contribution in [-0.2, 0) is 11.8 Å². The highest BCUT2D eigenvalue weighted by atomic mass is 16.2.